The zero-order valence-electron chi connectivity index (χ0n) is 10.8. The number of nitrogens with one attached hydrogen (secondary N) is 1. The number of hydrogen-bond acceptors (Lipinski definition) is 6. The summed E-state index contributed by atoms with van der Waals surface area (Å²) in [5.41, 5.74) is 0.350. The molecule has 0 amide bonds. The Morgan fingerprint density at radius 2 is 2.11 bits per heavy atom. The smallest absolute Gasteiger partial charge is 0.209 e. The lowest BCUT2D eigenvalue weighted by atomic mass is 10.1. The number of rotatable bonds is 4. The van der Waals surface area contributed by atoms with Gasteiger partial charge in [-0.3, -0.25) is 0 Å². The van der Waals surface area contributed by atoms with Gasteiger partial charge in [0, 0.05) is 6.07 Å². The van der Waals surface area contributed by atoms with Crippen molar-refractivity contribution >= 4 is 10.0 Å². The van der Waals surface area contributed by atoms with Crippen LogP contribution in [0, 0.1) is 0 Å². The normalized spacial score (nSPS) is 17.7. The fraction of sp³-hybridized carbons (Fsp3) is 0.455. The van der Waals surface area contributed by atoms with Gasteiger partial charge >= 0.3 is 0 Å². The van der Waals surface area contributed by atoms with E-state index in [0.717, 1.165) is 6.26 Å². The second-order valence-corrected chi connectivity index (χ2v) is 5.91. The van der Waals surface area contributed by atoms with Gasteiger partial charge in [-0.15, -0.1) is 0 Å². The Balaban J connectivity index is 2.50. The van der Waals surface area contributed by atoms with E-state index in [1.807, 2.05) is 0 Å². The lowest BCUT2D eigenvalue weighted by Crippen LogP contribution is -2.28. The van der Waals surface area contributed by atoms with Gasteiger partial charge in [-0.25, -0.2) is 13.1 Å². The number of sulfonamides is 1. The van der Waals surface area contributed by atoms with E-state index in [9.17, 15) is 13.5 Å². The second-order valence-electron chi connectivity index (χ2n) is 4.13. The van der Waals surface area contributed by atoms with Crippen molar-refractivity contribution in [1.29, 1.82) is 0 Å². The van der Waals surface area contributed by atoms with E-state index in [0.29, 0.717) is 17.1 Å². The third-order valence-corrected chi connectivity index (χ3v) is 3.47. The Morgan fingerprint density at radius 3 is 2.63 bits per heavy atom. The van der Waals surface area contributed by atoms with E-state index in [1.54, 1.807) is 6.07 Å². The van der Waals surface area contributed by atoms with Crippen LogP contribution in [0.3, 0.4) is 0 Å². The molecule has 1 aromatic carbocycles. The summed E-state index contributed by atoms with van der Waals surface area (Å²) in [5.74, 6) is 0.651. The molecule has 0 saturated carbocycles. The van der Waals surface area contributed by atoms with Crippen LogP contribution in [0.2, 0.25) is 0 Å². The van der Waals surface area contributed by atoms with E-state index >= 15 is 0 Å². The molecular weight excluding hydrogens is 274 g/mol. The molecule has 1 unspecified atom stereocenters. The van der Waals surface area contributed by atoms with Gasteiger partial charge in [0.2, 0.25) is 15.8 Å². The quantitative estimate of drug-likeness (QED) is 0.833. The predicted octanol–water partition coefficient (Wildman–Crippen LogP) is 0.392. The lowest BCUT2D eigenvalue weighted by Gasteiger charge is -2.15. The monoisotopic (exact) mass is 289 g/mol. The van der Waals surface area contributed by atoms with Crippen molar-refractivity contribution in [2.24, 2.45) is 0 Å². The van der Waals surface area contributed by atoms with Crippen LogP contribution in [0.15, 0.2) is 6.07 Å². The number of methoxy groups -OCH3 is 2. The average Bonchev–Trinajstić information content (AvgIpc) is 2.70. The first-order chi connectivity index (χ1) is 8.87. The minimum Gasteiger partial charge on any atom is -0.504 e. The van der Waals surface area contributed by atoms with Gasteiger partial charge in [-0.1, -0.05) is 0 Å². The summed E-state index contributed by atoms with van der Waals surface area (Å²) in [6.45, 7) is 0.103. The van der Waals surface area contributed by atoms with E-state index in [-0.39, 0.29) is 18.1 Å². The SMILES string of the molecule is COc1cc2c(c(O)c1OC)C(NS(C)(=O)=O)CO2. The number of hydrogen-bond donors (Lipinski definition) is 2. The highest BCUT2D eigenvalue weighted by Gasteiger charge is 2.33. The molecule has 0 aliphatic carbocycles. The zero-order chi connectivity index (χ0) is 14.2. The molecule has 1 aromatic rings. The minimum atomic E-state index is -3.42. The third kappa shape index (κ3) is 2.54. The van der Waals surface area contributed by atoms with Crippen LogP contribution < -0.4 is 18.9 Å². The van der Waals surface area contributed by atoms with Crippen LogP contribution in [0.1, 0.15) is 11.6 Å². The highest BCUT2D eigenvalue weighted by molar-refractivity contribution is 7.88. The van der Waals surface area contributed by atoms with Gasteiger partial charge in [-0.2, -0.15) is 0 Å². The molecule has 1 heterocycles. The first-order valence-electron chi connectivity index (χ1n) is 5.45. The number of aromatic hydroxyl groups is 1. The van der Waals surface area contributed by atoms with E-state index in [1.165, 1.54) is 14.2 Å². The molecule has 0 saturated heterocycles. The number of phenols is 1. The van der Waals surface area contributed by atoms with Gasteiger partial charge in [0.25, 0.3) is 0 Å². The molecule has 0 bridgehead atoms. The topological polar surface area (TPSA) is 94.1 Å². The maximum Gasteiger partial charge on any atom is 0.209 e. The van der Waals surface area contributed by atoms with Crippen molar-refractivity contribution in [3.63, 3.8) is 0 Å². The van der Waals surface area contributed by atoms with E-state index < -0.39 is 16.1 Å². The van der Waals surface area contributed by atoms with Crippen LogP contribution >= 0.6 is 0 Å². The first-order valence-corrected chi connectivity index (χ1v) is 7.34. The summed E-state index contributed by atoms with van der Waals surface area (Å²) in [4.78, 5) is 0. The van der Waals surface area contributed by atoms with Crippen molar-refractivity contribution in [3.05, 3.63) is 11.6 Å². The molecule has 2 N–H and O–H groups in total. The summed E-state index contributed by atoms with van der Waals surface area (Å²) >= 11 is 0. The molecular formula is C11H15NO6S. The molecule has 8 heteroatoms. The Hall–Kier alpha value is -1.67. The molecule has 1 aliphatic heterocycles. The van der Waals surface area contributed by atoms with Gasteiger partial charge in [0.15, 0.2) is 11.5 Å². The first kappa shape index (κ1) is 13.8. The minimum absolute atomic E-state index is 0.103. The molecule has 0 fully saturated rings. The van der Waals surface area contributed by atoms with Crippen LogP contribution in [0.5, 0.6) is 23.0 Å². The fourth-order valence-electron chi connectivity index (χ4n) is 2.03. The molecule has 2 rings (SSSR count). The molecule has 0 spiro atoms. The molecule has 7 nitrogen and oxygen atoms in total. The van der Waals surface area contributed by atoms with Crippen molar-refractivity contribution in [2.75, 3.05) is 27.1 Å². The Bertz CT molecular complexity index is 598. The fourth-order valence-corrected chi connectivity index (χ4v) is 2.73. The lowest BCUT2D eigenvalue weighted by molar-refractivity contribution is 0.320. The third-order valence-electron chi connectivity index (χ3n) is 2.76. The van der Waals surface area contributed by atoms with Crippen molar-refractivity contribution in [1.82, 2.24) is 4.72 Å². The van der Waals surface area contributed by atoms with Crippen molar-refractivity contribution in [3.8, 4) is 23.0 Å². The number of ether oxygens (including phenoxy) is 3. The number of phenolic OH excluding ortho intramolecular Hbond substituents is 1. The molecule has 106 valence electrons. The highest BCUT2D eigenvalue weighted by Crippen LogP contribution is 2.49. The number of fused-ring (bicyclic) bond motifs is 1. The van der Waals surface area contributed by atoms with E-state index in [2.05, 4.69) is 4.72 Å². The summed E-state index contributed by atoms with van der Waals surface area (Å²) in [6.07, 6.45) is 1.04. The number of benzene rings is 1. The molecule has 19 heavy (non-hydrogen) atoms. The standard InChI is InChI=1S/C11H15NO6S/c1-16-8-4-7-9(10(13)11(8)17-2)6(5-18-7)12-19(3,14)15/h4,6,12-13H,5H2,1-3H3. The molecule has 0 aromatic heterocycles. The van der Waals surface area contributed by atoms with Gasteiger partial charge in [0.05, 0.1) is 32.1 Å². The van der Waals surface area contributed by atoms with Crippen LogP contribution in [-0.2, 0) is 10.0 Å². The van der Waals surface area contributed by atoms with Crippen LogP contribution in [-0.4, -0.2) is 40.6 Å². The Kier molecular flexibility index (Phi) is 3.46. The highest BCUT2D eigenvalue weighted by atomic mass is 32.2. The Morgan fingerprint density at radius 1 is 1.42 bits per heavy atom. The zero-order valence-corrected chi connectivity index (χ0v) is 11.6. The van der Waals surface area contributed by atoms with Gasteiger partial charge in [-0.05, 0) is 0 Å². The van der Waals surface area contributed by atoms with Gasteiger partial charge < -0.3 is 19.3 Å². The Labute approximate surface area is 111 Å². The molecule has 1 atom stereocenters. The maximum absolute atomic E-state index is 11.3. The van der Waals surface area contributed by atoms with Crippen LogP contribution in [0.25, 0.3) is 0 Å². The molecule has 1 aliphatic rings. The predicted molar refractivity (Wildman–Crippen MR) is 67.4 cm³/mol. The summed E-state index contributed by atoms with van der Waals surface area (Å²) in [6, 6.07) is 0.905. The summed E-state index contributed by atoms with van der Waals surface area (Å²) in [7, 11) is -0.592. The summed E-state index contributed by atoms with van der Waals surface area (Å²) in [5, 5.41) is 10.2. The van der Waals surface area contributed by atoms with Crippen LogP contribution in [0.4, 0.5) is 0 Å². The second kappa shape index (κ2) is 4.78. The molecule has 0 radical (unpaired) electrons. The van der Waals surface area contributed by atoms with E-state index in [4.69, 9.17) is 14.2 Å². The van der Waals surface area contributed by atoms with Crippen molar-refractivity contribution < 1.29 is 27.7 Å². The summed E-state index contributed by atoms with van der Waals surface area (Å²) < 4.78 is 40.5. The maximum atomic E-state index is 11.3. The van der Waals surface area contributed by atoms with Crippen molar-refractivity contribution in [2.45, 2.75) is 6.04 Å². The largest absolute Gasteiger partial charge is 0.504 e. The van der Waals surface area contributed by atoms with Gasteiger partial charge in [0.1, 0.15) is 12.4 Å². The average molecular weight is 289 g/mol.